The molecule has 0 aliphatic carbocycles. The lowest BCUT2D eigenvalue weighted by molar-refractivity contribution is -0.185. The standard InChI is InChI=1S/C11H14F3NOS/c1-3-7-4-5-8(17-7)6-9(16)10(2,15)11(12,13)14/h4-5H,3,6,15H2,1-2H3. The third-order valence-electron chi connectivity index (χ3n) is 2.57. The topological polar surface area (TPSA) is 43.1 Å². The number of Topliss-reactive ketones (excluding diaryl/α,β-unsaturated/α-hetero) is 1. The van der Waals surface area contributed by atoms with Crippen molar-refractivity contribution in [2.45, 2.75) is 38.4 Å². The number of thiophene rings is 1. The lowest BCUT2D eigenvalue weighted by Crippen LogP contribution is -2.57. The summed E-state index contributed by atoms with van der Waals surface area (Å²) in [5.41, 5.74) is 2.28. The molecule has 0 fully saturated rings. The fraction of sp³-hybridized carbons (Fsp3) is 0.545. The van der Waals surface area contributed by atoms with Gasteiger partial charge in [-0.05, 0) is 25.5 Å². The van der Waals surface area contributed by atoms with Crippen molar-refractivity contribution in [2.24, 2.45) is 5.73 Å². The number of carbonyl (C=O) groups excluding carboxylic acids is 1. The van der Waals surface area contributed by atoms with E-state index < -0.39 is 17.5 Å². The van der Waals surface area contributed by atoms with Crippen molar-refractivity contribution in [1.82, 2.24) is 0 Å². The van der Waals surface area contributed by atoms with E-state index >= 15 is 0 Å². The molecule has 0 saturated heterocycles. The second-order valence-electron chi connectivity index (χ2n) is 4.02. The van der Waals surface area contributed by atoms with Crippen LogP contribution in [0.5, 0.6) is 0 Å². The third-order valence-corrected chi connectivity index (χ3v) is 3.80. The van der Waals surface area contributed by atoms with E-state index in [9.17, 15) is 18.0 Å². The van der Waals surface area contributed by atoms with E-state index in [1.807, 2.05) is 13.0 Å². The first-order valence-corrected chi connectivity index (χ1v) is 5.96. The van der Waals surface area contributed by atoms with E-state index in [1.54, 1.807) is 6.07 Å². The Bertz CT molecular complexity index is 409. The van der Waals surface area contributed by atoms with Gasteiger partial charge in [-0.3, -0.25) is 4.79 Å². The molecule has 1 unspecified atom stereocenters. The maximum atomic E-state index is 12.5. The number of nitrogens with two attached hydrogens (primary N) is 1. The minimum Gasteiger partial charge on any atom is -0.312 e. The lowest BCUT2D eigenvalue weighted by atomic mass is 9.94. The number of hydrogen-bond donors (Lipinski definition) is 1. The molecule has 1 atom stereocenters. The van der Waals surface area contributed by atoms with Crippen molar-refractivity contribution >= 4 is 17.1 Å². The van der Waals surface area contributed by atoms with Crippen LogP contribution in [0.25, 0.3) is 0 Å². The molecule has 0 saturated carbocycles. The normalized spacial score (nSPS) is 15.6. The fourth-order valence-electron chi connectivity index (χ4n) is 1.21. The Balaban J connectivity index is 2.79. The molecular weight excluding hydrogens is 251 g/mol. The Hall–Kier alpha value is -0.880. The van der Waals surface area contributed by atoms with Gasteiger partial charge in [0.2, 0.25) is 0 Å². The van der Waals surface area contributed by atoms with Gasteiger partial charge in [-0.15, -0.1) is 11.3 Å². The minimum absolute atomic E-state index is 0.267. The van der Waals surface area contributed by atoms with Crippen molar-refractivity contribution in [3.05, 3.63) is 21.9 Å². The average Bonchev–Trinajstić information content (AvgIpc) is 2.63. The molecule has 1 aromatic heterocycles. The molecule has 0 aromatic carbocycles. The summed E-state index contributed by atoms with van der Waals surface area (Å²) in [6, 6.07) is 3.49. The van der Waals surface area contributed by atoms with Crippen LogP contribution >= 0.6 is 11.3 Å². The van der Waals surface area contributed by atoms with Gasteiger partial charge in [-0.1, -0.05) is 6.92 Å². The summed E-state index contributed by atoms with van der Waals surface area (Å²) in [6.45, 7) is 2.66. The predicted octanol–water partition coefficient (Wildman–Crippen LogP) is 2.70. The van der Waals surface area contributed by atoms with Crippen LogP contribution in [0.2, 0.25) is 0 Å². The minimum atomic E-state index is -4.71. The predicted molar refractivity (Wildman–Crippen MR) is 61.1 cm³/mol. The van der Waals surface area contributed by atoms with Crippen LogP contribution in [0.3, 0.4) is 0 Å². The first-order valence-electron chi connectivity index (χ1n) is 5.15. The van der Waals surface area contributed by atoms with Gasteiger partial charge in [0.1, 0.15) is 0 Å². The summed E-state index contributed by atoms with van der Waals surface area (Å²) in [7, 11) is 0. The number of rotatable bonds is 4. The Labute approximate surface area is 102 Å². The molecule has 0 radical (unpaired) electrons. The number of hydrogen-bond acceptors (Lipinski definition) is 3. The summed E-state index contributed by atoms with van der Waals surface area (Å²) < 4.78 is 37.5. The van der Waals surface area contributed by atoms with E-state index in [0.717, 1.165) is 11.3 Å². The molecule has 6 heteroatoms. The monoisotopic (exact) mass is 265 g/mol. The van der Waals surface area contributed by atoms with Crippen molar-refractivity contribution in [3.8, 4) is 0 Å². The van der Waals surface area contributed by atoms with Gasteiger partial charge in [0.05, 0.1) is 0 Å². The zero-order valence-electron chi connectivity index (χ0n) is 9.60. The highest BCUT2D eigenvalue weighted by Gasteiger charge is 2.53. The number of ketones is 1. The highest BCUT2D eigenvalue weighted by molar-refractivity contribution is 7.12. The number of halogens is 3. The number of aryl methyl sites for hydroxylation is 1. The largest absolute Gasteiger partial charge is 0.413 e. The maximum absolute atomic E-state index is 12.5. The molecule has 0 aliphatic heterocycles. The highest BCUT2D eigenvalue weighted by atomic mass is 32.1. The number of alkyl halides is 3. The molecule has 0 aliphatic rings. The molecule has 1 aromatic rings. The second-order valence-corrected chi connectivity index (χ2v) is 5.27. The quantitative estimate of drug-likeness (QED) is 0.909. The van der Waals surface area contributed by atoms with Crippen LogP contribution in [0.1, 0.15) is 23.6 Å². The molecule has 2 N–H and O–H groups in total. The third kappa shape index (κ3) is 3.07. The Morgan fingerprint density at radius 1 is 1.35 bits per heavy atom. The van der Waals surface area contributed by atoms with E-state index in [-0.39, 0.29) is 6.42 Å². The van der Waals surface area contributed by atoms with Crippen LogP contribution in [0, 0.1) is 0 Å². The van der Waals surface area contributed by atoms with Crippen LogP contribution in [0.4, 0.5) is 13.2 Å². The zero-order valence-corrected chi connectivity index (χ0v) is 10.4. The van der Waals surface area contributed by atoms with E-state index in [1.165, 1.54) is 11.3 Å². The summed E-state index contributed by atoms with van der Waals surface area (Å²) >= 11 is 1.34. The lowest BCUT2D eigenvalue weighted by Gasteiger charge is -2.25. The molecule has 0 bridgehead atoms. The number of carbonyl (C=O) groups is 1. The maximum Gasteiger partial charge on any atom is 0.413 e. The van der Waals surface area contributed by atoms with Crippen molar-refractivity contribution < 1.29 is 18.0 Å². The van der Waals surface area contributed by atoms with E-state index in [4.69, 9.17) is 5.73 Å². The SMILES string of the molecule is CCc1ccc(CC(=O)C(C)(N)C(F)(F)F)s1. The molecule has 2 nitrogen and oxygen atoms in total. The molecule has 96 valence electrons. The van der Waals surface area contributed by atoms with Gasteiger partial charge in [-0.25, -0.2) is 0 Å². The molecular formula is C11H14F3NOS. The van der Waals surface area contributed by atoms with Crippen molar-refractivity contribution in [2.75, 3.05) is 0 Å². The van der Waals surface area contributed by atoms with Crippen molar-refractivity contribution in [1.29, 1.82) is 0 Å². The summed E-state index contributed by atoms with van der Waals surface area (Å²) in [5, 5.41) is 0. The summed E-state index contributed by atoms with van der Waals surface area (Å²) in [5.74, 6) is -1.01. The second kappa shape index (κ2) is 4.78. The molecule has 0 spiro atoms. The first kappa shape index (κ1) is 14.2. The molecule has 1 heterocycles. The van der Waals surface area contributed by atoms with Crippen molar-refractivity contribution in [3.63, 3.8) is 0 Å². The summed E-state index contributed by atoms with van der Waals surface area (Å²) in [4.78, 5) is 13.2. The van der Waals surface area contributed by atoms with Crippen LogP contribution in [-0.4, -0.2) is 17.5 Å². The van der Waals surface area contributed by atoms with Crippen LogP contribution < -0.4 is 5.73 Å². The average molecular weight is 265 g/mol. The van der Waals surface area contributed by atoms with E-state index in [2.05, 4.69) is 0 Å². The van der Waals surface area contributed by atoms with Gasteiger partial charge in [-0.2, -0.15) is 13.2 Å². The Kier molecular flexibility index (Phi) is 3.99. The molecule has 17 heavy (non-hydrogen) atoms. The van der Waals surface area contributed by atoms with Gasteiger partial charge < -0.3 is 5.73 Å². The Morgan fingerprint density at radius 3 is 2.29 bits per heavy atom. The summed E-state index contributed by atoms with van der Waals surface area (Å²) in [6.07, 6.45) is -4.18. The smallest absolute Gasteiger partial charge is 0.312 e. The Morgan fingerprint density at radius 2 is 1.88 bits per heavy atom. The highest BCUT2D eigenvalue weighted by Crippen LogP contribution is 2.30. The van der Waals surface area contributed by atoms with Crippen LogP contribution in [-0.2, 0) is 17.6 Å². The van der Waals surface area contributed by atoms with Crippen LogP contribution in [0.15, 0.2) is 12.1 Å². The van der Waals surface area contributed by atoms with E-state index in [0.29, 0.717) is 11.8 Å². The van der Waals surface area contributed by atoms with Gasteiger partial charge >= 0.3 is 6.18 Å². The molecule has 0 amide bonds. The molecule has 1 rings (SSSR count). The zero-order chi connectivity index (χ0) is 13.3. The van der Waals surface area contributed by atoms with Gasteiger partial charge in [0.15, 0.2) is 11.3 Å². The fourth-order valence-corrected chi connectivity index (χ4v) is 2.16. The van der Waals surface area contributed by atoms with Gasteiger partial charge in [0.25, 0.3) is 0 Å². The first-order chi connectivity index (χ1) is 7.68. The van der Waals surface area contributed by atoms with Gasteiger partial charge in [0, 0.05) is 16.2 Å².